The van der Waals surface area contributed by atoms with Gasteiger partial charge in [-0.05, 0) is 19.1 Å². The average Bonchev–Trinajstić information content (AvgIpc) is 2.24. The molecule has 0 aliphatic carbocycles. The van der Waals surface area contributed by atoms with Crippen LogP contribution in [0.5, 0.6) is 5.75 Å². The number of carbonyl (C=O) groups excluding carboxylic acids is 2. The van der Waals surface area contributed by atoms with Crippen LogP contribution in [-0.2, 0) is 14.3 Å². The van der Waals surface area contributed by atoms with Crippen molar-refractivity contribution in [1.82, 2.24) is 0 Å². The Bertz CT molecular complexity index is 467. The summed E-state index contributed by atoms with van der Waals surface area (Å²) in [6, 6.07) is 2.67. The Morgan fingerprint density at radius 3 is 2.28 bits per heavy atom. The molecule has 5 nitrogen and oxygen atoms in total. The van der Waals surface area contributed by atoms with Crippen molar-refractivity contribution in [2.75, 3.05) is 5.32 Å². The van der Waals surface area contributed by atoms with E-state index in [0.717, 1.165) is 0 Å². The van der Waals surface area contributed by atoms with Gasteiger partial charge in [-0.1, -0.05) is 23.2 Å². The van der Waals surface area contributed by atoms with Crippen molar-refractivity contribution in [3.63, 3.8) is 0 Å². The van der Waals surface area contributed by atoms with E-state index in [1.807, 2.05) is 0 Å². The monoisotopic (exact) mass is 291 g/mol. The van der Waals surface area contributed by atoms with E-state index in [1.165, 1.54) is 26.0 Å². The van der Waals surface area contributed by atoms with E-state index in [-0.39, 0.29) is 15.8 Å². The number of anilines is 1. The Balaban J connectivity index is 2.79. The molecule has 1 aromatic carbocycles. The number of esters is 1. The molecule has 0 aliphatic heterocycles. The first-order valence-electron chi connectivity index (χ1n) is 4.97. The molecule has 0 aliphatic rings. The fraction of sp³-hybridized carbons (Fsp3) is 0.273. The van der Waals surface area contributed by atoms with Gasteiger partial charge in [-0.15, -0.1) is 0 Å². The van der Waals surface area contributed by atoms with Crippen LogP contribution in [0.3, 0.4) is 0 Å². The molecule has 0 radical (unpaired) electrons. The van der Waals surface area contributed by atoms with Crippen LogP contribution in [0.2, 0.25) is 10.0 Å². The molecular weight excluding hydrogens is 281 g/mol. The zero-order valence-corrected chi connectivity index (χ0v) is 11.2. The van der Waals surface area contributed by atoms with Crippen LogP contribution >= 0.6 is 23.2 Å². The van der Waals surface area contributed by atoms with Gasteiger partial charge in [0, 0.05) is 12.6 Å². The lowest BCUT2D eigenvalue weighted by Crippen LogP contribution is -2.29. The van der Waals surface area contributed by atoms with Gasteiger partial charge in [0.1, 0.15) is 0 Å². The van der Waals surface area contributed by atoms with E-state index in [1.54, 1.807) is 0 Å². The number of ether oxygens (including phenoxy) is 1. The van der Waals surface area contributed by atoms with Crippen LogP contribution in [0, 0.1) is 0 Å². The maximum atomic E-state index is 11.6. The third kappa shape index (κ3) is 3.78. The summed E-state index contributed by atoms with van der Waals surface area (Å²) < 4.78 is 4.70. The minimum absolute atomic E-state index is 0.0120. The van der Waals surface area contributed by atoms with E-state index in [0.29, 0.717) is 5.69 Å². The summed E-state index contributed by atoms with van der Waals surface area (Å²) in [4.78, 5) is 22.3. The predicted molar refractivity (Wildman–Crippen MR) is 68.0 cm³/mol. The summed E-state index contributed by atoms with van der Waals surface area (Å²) >= 11 is 11.4. The molecule has 0 heterocycles. The van der Waals surface area contributed by atoms with Crippen molar-refractivity contribution >= 4 is 40.8 Å². The second kappa shape index (κ2) is 5.93. The summed E-state index contributed by atoms with van der Waals surface area (Å²) in [7, 11) is 0. The van der Waals surface area contributed by atoms with Gasteiger partial charge in [0.05, 0.1) is 10.0 Å². The van der Waals surface area contributed by atoms with Gasteiger partial charge in [0.15, 0.2) is 11.9 Å². The summed E-state index contributed by atoms with van der Waals surface area (Å²) in [6.07, 6.45) is -0.936. The third-order valence-electron chi connectivity index (χ3n) is 2.00. The first-order valence-corrected chi connectivity index (χ1v) is 5.73. The van der Waals surface area contributed by atoms with E-state index >= 15 is 0 Å². The van der Waals surface area contributed by atoms with Gasteiger partial charge < -0.3 is 15.2 Å². The van der Waals surface area contributed by atoms with Gasteiger partial charge in [-0.25, -0.2) is 0 Å². The number of halogens is 2. The number of phenols is 1. The largest absolute Gasteiger partial charge is 0.505 e. The zero-order valence-electron chi connectivity index (χ0n) is 9.66. The smallest absolute Gasteiger partial charge is 0.303 e. The normalized spacial score (nSPS) is 11.8. The minimum Gasteiger partial charge on any atom is -0.505 e. The molecule has 0 bridgehead atoms. The lowest BCUT2D eigenvalue weighted by Gasteiger charge is -2.13. The van der Waals surface area contributed by atoms with Gasteiger partial charge >= 0.3 is 5.97 Å². The average molecular weight is 292 g/mol. The Morgan fingerprint density at radius 1 is 1.33 bits per heavy atom. The maximum Gasteiger partial charge on any atom is 0.303 e. The molecule has 1 amide bonds. The van der Waals surface area contributed by atoms with Gasteiger partial charge in [0.25, 0.3) is 5.91 Å². The van der Waals surface area contributed by atoms with Crippen LogP contribution in [0.25, 0.3) is 0 Å². The molecule has 1 atom stereocenters. The summed E-state index contributed by atoms with van der Waals surface area (Å²) in [5.41, 5.74) is 0.298. The SMILES string of the molecule is CC(=O)OC(C)C(=O)Nc1cc(Cl)c(O)c(Cl)c1. The molecule has 1 unspecified atom stereocenters. The molecule has 0 aromatic heterocycles. The standard InChI is InChI=1S/C11H11Cl2NO4/c1-5(18-6(2)15)11(17)14-7-3-8(12)10(16)9(13)4-7/h3-5,16H,1-2H3,(H,14,17). The predicted octanol–water partition coefficient (Wildman–Crippen LogP) is 2.59. The topological polar surface area (TPSA) is 75.6 Å². The van der Waals surface area contributed by atoms with Crippen molar-refractivity contribution in [2.45, 2.75) is 20.0 Å². The van der Waals surface area contributed by atoms with E-state index < -0.39 is 18.0 Å². The van der Waals surface area contributed by atoms with Crippen molar-refractivity contribution in [1.29, 1.82) is 0 Å². The van der Waals surface area contributed by atoms with Crippen LogP contribution in [0.1, 0.15) is 13.8 Å². The van der Waals surface area contributed by atoms with Crippen molar-refractivity contribution in [3.8, 4) is 5.75 Å². The zero-order chi connectivity index (χ0) is 13.9. The molecule has 2 N–H and O–H groups in total. The van der Waals surface area contributed by atoms with E-state index in [4.69, 9.17) is 27.9 Å². The molecule has 0 saturated carbocycles. The molecule has 0 saturated heterocycles. The maximum absolute atomic E-state index is 11.6. The minimum atomic E-state index is -0.936. The number of aromatic hydroxyl groups is 1. The number of hydrogen-bond donors (Lipinski definition) is 2. The number of phenolic OH excluding ortho intramolecular Hbond substituents is 1. The molecular formula is C11H11Cl2NO4. The number of carbonyl (C=O) groups is 2. The highest BCUT2D eigenvalue weighted by atomic mass is 35.5. The highest BCUT2D eigenvalue weighted by molar-refractivity contribution is 6.37. The van der Waals surface area contributed by atoms with Crippen molar-refractivity contribution < 1.29 is 19.4 Å². The molecule has 0 spiro atoms. The van der Waals surface area contributed by atoms with Crippen LogP contribution in [-0.4, -0.2) is 23.1 Å². The Morgan fingerprint density at radius 2 is 1.83 bits per heavy atom. The molecule has 1 aromatic rings. The fourth-order valence-corrected chi connectivity index (χ4v) is 1.67. The molecule has 7 heteroatoms. The van der Waals surface area contributed by atoms with Gasteiger partial charge in [-0.2, -0.15) is 0 Å². The van der Waals surface area contributed by atoms with Crippen LogP contribution in [0.4, 0.5) is 5.69 Å². The van der Waals surface area contributed by atoms with Crippen molar-refractivity contribution in [3.05, 3.63) is 22.2 Å². The lowest BCUT2D eigenvalue weighted by molar-refractivity contribution is -0.150. The summed E-state index contributed by atoms with van der Waals surface area (Å²) in [5.74, 6) is -1.34. The molecule has 1 rings (SSSR count). The van der Waals surface area contributed by atoms with Crippen LogP contribution in [0.15, 0.2) is 12.1 Å². The number of rotatable bonds is 3. The number of nitrogens with one attached hydrogen (secondary N) is 1. The highest BCUT2D eigenvalue weighted by Crippen LogP contribution is 2.34. The van der Waals surface area contributed by atoms with Crippen LogP contribution < -0.4 is 5.32 Å². The quantitative estimate of drug-likeness (QED) is 0.663. The number of amides is 1. The Kier molecular flexibility index (Phi) is 4.81. The van der Waals surface area contributed by atoms with Gasteiger partial charge in [0.2, 0.25) is 0 Å². The molecule has 98 valence electrons. The highest BCUT2D eigenvalue weighted by Gasteiger charge is 2.17. The summed E-state index contributed by atoms with van der Waals surface area (Å²) in [5, 5.41) is 11.8. The molecule has 0 fully saturated rings. The number of benzene rings is 1. The first-order chi connectivity index (χ1) is 8.31. The Labute approximate surface area is 114 Å². The first kappa shape index (κ1) is 14.6. The van der Waals surface area contributed by atoms with E-state index in [9.17, 15) is 14.7 Å². The summed E-state index contributed by atoms with van der Waals surface area (Å²) in [6.45, 7) is 2.64. The third-order valence-corrected chi connectivity index (χ3v) is 2.57. The fourth-order valence-electron chi connectivity index (χ4n) is 1.18. The Hall–Kier alpha value is -1.46. The van der Waals surface area contributed by atoms with Gasteiger partial charge in [-0.3, -0.25) is 9.59 Å². The molecule has 18 heavy (non-hydrogen) atoms. The lowest BCUT2D eigenvalue weighted by atomic mass is 10.2. The van der Waals surface area contributed by atoms with E-state index in [2.05, 4.69) is 5.32 Å². The second-order valence-corrected chi connectivity index (χ2v) is 4.34. The second-order valence-electron chi connectivity index (χ2n) is 3.53. The number of hydrogen-bond acceptors (Lipinski definition) is 4. The van der Waals surface area contributed by atoms with Crippen molar-refractivity contribution in [2.24, 2.45) is 0 Å².